The van der Waals surface area contributed by atoms with Crippen molar-refractivity contribution in [2.75, 3.05) is 28.6 Å². The third-order valence-electron chi connectivity index (χ3n) is 6.07. The summed E-state index contributed by atoms with van der Waals surface area (Å²) in [5.41, 5.74) is 3.07. The molecule has 0 aliphatic heterocycles. The summed E-state index contributed by atoms with van der Waals surface area (Å²) in [5.74, 6) is -0.396. The van der Waals surface area contributed by atoms with Gasteiger partial charge in [-0.25, -0.2) is 9.59 Å². The highest BCUT2D eigenvalue weighted by Crippen LogP contribution is 2.39. The summed E-state index contributed by atoms with van der Waals surface area (Å²) in [6, 6.07) is 18.9. The van der Waals surface area contributed by atoms with E-state index in [1.54, 1.807) is 47.0 Å². The van der Waals surface area contributed by atoms with Gasteiger partial charge in [-0.15, -0.1) is 0 Å². The Hall–Kier alpha value is -3.68. The Morgan fingerprint density at radius 1 is 0.897 bits per heavy atom. The standard InChI is InChI=1S/C30H32Cl2N4O3/c1-18(2)16-35(17-19(3)4)28-24(32)14-23(36-26-8-6-5-7-20(26)13-27(36)29(37)38)15-25(28)34-30(39)33-22-11-9-21(31)10-12-22/h5-15,18-19H,16-17H2,1-4H3,(H,37,38)(H2,33,34,39). The second kappa shape index (κ2) is 12.0. The Bertz CT molecular complexity index is 1490. The number of amides is 2. The van der Waals surface area contributed by atoms with Gasteiger partial charge < -0.3 is 25.2 Å². The molecule has 0 saturated carbocycles. The fraction of sp³-hybridized carbons (Fsp3) is 0.267. The molecule has 0 unspecified atom stereocenters. The Labute approximate surface area is 238 Å². The molecule has 0 saturated heterocycles. The molecular weight excluding hydrogens is 535 g/mol. The predicted octanol–water partition coefficient (Wildman–Crippen LogP) is 8.40. The number of nitrogens with zero attached hydrogens (tertiary/aromatic N) is 2. The minimum absolute atomic E-state index is 0.0952. The molecule has 3 N–H and O–H groups in total. The number of nitrogens with one attached hydrogen (secondary N) is 2. The number of carboxylic acids is 1. The average Bonchev–Trinajstić information content (AvgIpc) is 3.24. The summed E-state index contributed by atoms with van der Waals surface area (Å²) in [4.78, 5) is 27.5. The highest BCUT2D eigenvalue weighted by Gasteiger charge is 2.23. The van der Waals surface area contributed by atoms with E-state index in [1.165, 1.54) is 0 Å². The molecule has 0 aliphatic rings. The van der Waals surface area contributed by atoms with Crippen LogP contribution in [-0.2, 0) is 0 Å². The van der Waals surface area contributed by atoms with Crippen molar-refractivity contribution in [3.8, 4) is 5.69 Å². The Balaban J connectivity index is 1.86. The van der Waals surface area contributed by atoms with E-state index in [2.05, 4.69) is 43.2 Å². The van der Waals surface area contributed by atoms with E-state index >= 15 is 0 Å². The number of carbonyl (C=O) groups excluding carboxylic acids is 1. The zero-order valence-corrected chi connectivity index (χ0v) is 23.8. The summed E-state index contributed by atoms with van der Waals surface area (Å²) in [6.45, 7) is 9.94. The highest BCUT2D eigenvalue weighted by atomic mass is 35.5. The van der Waals surface area contributed by atoms with Gasteiger partial charge in [0.25, 0.3) is 0 Å². The number of hydrogen-bond acceptors (Lipinski definition) is 3. The molecule has 0 spiro atoms. The number of carbonyl (C=O) groups is 2. The lowest BCUT2D eigenvalue weighted by Gasteiger charge is -2.31. The average molecular weight is 568 g/mol. The number of benzene rings is 3. The van der Waals surface area contributed by atoms with E-state index < -0.39 is 12.0 Å². The quantitative estimate of drug-likeness (QED) is 0.190. The monoisotopic (exact) mass is 566 g/mol. The van der Waals surface area contributed by atoms with Crippen molar-refractivity contribution in [3.05, 3.63) is 82.5 Å². The first-order valence-corrected chi connectivity index (χ1v) is 13.5. The lowest BCUT2D eigenvalue weighted by Crippen LogP contribution is -2.33. The molecule has 0 fully saturated rings. The molecule has 0 radical (unpaired) electrons. The molecule has 3 aromatic carbocycles. The van der Waals surface area contributed by atoms with Gasteiger partial charge in [0.1, 0.15) is 5.69 Å². The molecule has 4 rings (SSSR count). The maximum absolute atomic E-state index is 13.2. The Morgan fingerprint density at radius 2 is 1.54 bits per heavy atom. The van der Waals surface area contributed by atoms with Crippen LogP contribution in [0.4, 0.5) is 21.9 Å². The Kier molecular flexibility index (Phi) is 8.73. The van der Waals surface area contributed by atoms with Crippen molar-refractivity contribution in [1.82, 2.24) is 4.57 Å². The maximum Gasteiger partial charge on any atom is 0.352 e. The van der Waals surface area contributed by atoms with Crippen LogP contribution >= 0.6 is 23.2 Å². The lowest BCUT2D eigenvalue weighted by molar-refractivity contribution is 0.0688. The van der Waals surface area contributed by atoms with E-state index in [1.807, 2.05) is 24.3 Å². The molecule has 7 nitrogen and oxygen atoms in total. The van der Waals surface area contributed by atoms with Gasteiger partial charge in [-0.2, -0.15) is 0 Å². The SMILES string of the molecule is CC(C)CN(CC(C)C)c1c(Cl)cc(-n2c(C(=O)O)cc3ccccc32)cc1NC(=O)Nc1ccc(Cl)cc1. The molecule has 39 heavy (non-hydrogen) atoms. The van der Waals surface area contributed by atoms with E-state index in [9.17, 15) is 14.7 Å². The first-order valence-electron chi connectivity index (χ1n) is 12.8. The third kappa shape index (κ3) is 6.67. The summed E-state index contributed by atoms with van der Waals surface area (Å²) in [5, 5.41) is 17.5. The first-order chi connectivity index (χ1) is 18.5. The second-order valence-electron chi connectivity index (χ2n) is 10.3. The minimum Gasteiger partial charge on any atom is -0.477 e. The van der Waals surface area contributed by atoms with Gasteiger partial charge in [0.15, 0.2) is 0 Å². The molecular formula is C30H32Cl2N4O3. The van der Waals surface area contributed by atoms with Crippen LogP contribution < -0.4 is 15.5 Å². The Morgan fingerprint density at radius 3 is 2.15 bits per heavy atom. The highest BCUT2D eigenvalue weighted by molar-refractivity contribution is 6.34. The number of aromatic carboxylic acids is 1. The number of hydrogen-bond donors (Lipinski definition) is 3. The minimum atomic E-state index is -1.07. The molecule has 1 aromatic heterocycles. The van der Waals surface area contributed by atoms with E-state index in [-0.39, 0.29) is 5.69 Å². The van der Waals surface area contributed by atoms with Crippen molar-refractivity contribution in [1.29, 1.82) is 0 Å². The fourth-order valence-corrected chi connectivity index (χ4v) is 5.14. The van der Waals surface area contributed by atoms with Gasteiger partial charge in [-0.05, 0) is 60.4 Å². The van der Waals surface area contributed by atoms with Gasteiger partial charge in [-0.1, -0.05) is 69.1 Å². The van der Waals surface area contributed by atoms with Crippen molar-refractivity contribution >= 4 is 63.2 Å². The maximum atomic E-state index is 13.2. The smallest absolute Gasteiger partial charge is 0.352 e. The summed E-state index contributed by atoms with van der Waals surface area (Å²) in [6.07, 6.45) is 0. The van der Waals surface area contributed by atoms with Crippen LogP contribution in [0.15, 0.2) is 66.7 Å². The molecule has 0 bridgehead atoms. The summed E-state index contributed by atoms with van der Waals surface area (Å²) >= 11 is 13.0. The summed E-state index contributed by atoms with van der Waals surface area (Å²) < 4.78 is 1.64. The van der Waals surface area contributed by atoms with E-state index in [4.69, 9.17) is 23.2 Å². The van der Waals surface area contributed by atoms with Gasteiger partial charge in [0, 0.05) is 29.2 Å². The van der Waals surface area contributed by atoms with Crippen LogP contribution in [0.1, 0.15) is 38.2 Å². The van der Waals surface area contributed by atoms with Gasteiger partial charge in [0.05, 0.1) is 27.6 Å². The molecule has 9 heteroatoms. The number of aromatic nitrogens is 1. The molecule has 0 atom stereocenters. The number of anilines is 3. The lowest BCUT2D eigenvalue weighted by atomic mass is 10.1. The number of carboxylic acid groups (broad SMARTS) is 1. The largest absolute Gasteiger partial charge is 0.477 e. The number of fused-ring (bicyclic) bond motifs is 1. The van der Waals surface area contributed by atoms with Crippen LogP contribution in [0, 0.1) is 11.8 Å². The van der Waals surface area contributed by atoms with Crippen molar-refractivity contribution in [3.63, 3.8) is 0 Å². The van der Waals surface area contributed by atoms with Crippen LogP contribution in [0.5, 0.6) is 0 Å². The third-order valence-corrected chi connectivity index (χ3v) is 6.61. The zero-order valence-electron chi connectivity index (χ0n) is 22.3. The van der Waals surface area contributed by atoms with Gasteiger partial charge in [-0.3, -0.25) is 0 Å². The number of urea groups is 1. The summed E-state index contributed by atoms with van der Waals surface area (Å²) in [7, 11) is 0. The molecule has 0 aliphatic carbocycles. The number of halogens is 2. The molecule has 1 heterocycles. The first kappa shape index (κ1) is 28.3. The predicted molar refractivity (Wildman–Crippen MR) is 161 cm³/mol. The fourth-order valence-electron chi connectivity index (χ4n) is 4.68. The topological polar surface area (TPSA) is 86.6 Å². The van der Waals surface area contributed by atoms with Gasteiger partial charge in [0.2, 0.25) is 0 Å². The molecule has 204 valence electrons. The van der Waals surface area contributed by atoms with E-state index in [0.29, 0.717) is 44.6 Å². The van der Waals surface area contributed by atoms with Crippen LogP contribution in [-0.4, -0.2) is 34.8 Å². The molecule has 4 aromatic rings. The van der Waals surface area contributed by atoms with Crippen molar-refractivity contribution in [2.24, 2.45) is 11.8 Å². The number of para-hydroxylation sites is 1. The van der Waals surface area contributed by atoms with Crippen LogP contribution in [0.3, 0.4) is 0 Å². The normalized spacial score (nSPS) is 11.3. The van der Waals surface area contributed by atoms with E-state index in [0.717, 1.165) is 24.0 Å². The van der Waals surface area contributed by atoms with Crippen LogP contribution in [0.2, 0.25) is 10.0 Å². The van der Waals surface area contributed by atoms with Crippen molar-refractivity contribution in [2.45, 2.75) is 27.7 Å². The van der Waals surface area contributed by atoms with Gasteiger partial charge >= 0.3 is 12.0 Å². The number of rotatable bonds is 9. The second-order valence-corrected chi connectivity index (χ2v) is 11.2. The zero-order chi connectivity index (χ0) is 28.3. The molecule has 2 amide bonds. The van der Waals surface area contributed by atoms with Crippen molar-refractivity contribution < 1.29 is 14.7 Å². The van der Waals surface area contributed by atoms with Crippen LogP contribution in [0.25, 0.3) is 16.6 Å².